The minimum absolute atomic E-state index is 0.301. The summed E-state index contributed by atoms with van der Waals surface area (Å²) in [5.74, 6) is 3.80. The first-order chi connectivity index (χ1) is 9.52. The molecule has 0 aliphatic carbocycles. The highest BCUT2D eigenvalue weighted by molar-refractivity contribution is 9.10. The maximum atomic E-state index is 13.2. The lowest BCUT2D eigenvalue weighted by Crippen LogP contribution is -2.29. The number of hydrogen-bond donors (Lipinski definition) is 2. The van der Waals surface area contributed by atoms with Crippen LogP contribution in [0.4, 0.5) is 8.78 Å². The van der Waals surface area contributed by atoms with Crippen LogP contribution in [-0.2, 0) is 6.42 Å². The van der Waals surface area contributed by atoms with E-state index < -0.39 is 11.6 Å². The van der Waals surface area contributed by atoms with E-state index in [1.54, 1.807) is 0 Å². The molecule has 1 atom stereocenters. The van der Waals surface area contributed by atoms with Gasteiger partial charge in [-0.2, -0.15) is 0 Å². The molecule has 0 amide bonds. The van der Waals surface area contributed by atoms with Crippen molar-refractivity contribution < 1.29 is 8.78 Å². The number of rotatable bonds is 4. The van der Waals surface area contributed by atoms with Crippen LogP contribution in [0.1, 0.15) is 17.2 Å². The van der Waals surface area contributed by atoms with E-state index in [2.05, 4.69) is 21.4 Å². The van der Waals surface area contributed by atoms with Gasteiger partial charge in [0.15, 0.2) is 11.6 Å². The molecule has 20 heavy (non-hydrogen) atoms. The van der Waals surface area contributed by atoms with Crippen molar-refractivity contribution >= 4 is 27.5 Å². The maximum Gasteiger partial charge on any atom is 0.159 e. The van der Waals surface area contributed by atoms with Crippen molar-refractivity contribution in [1.82, 2.24) is 5.43 Å². The van der Waals surface area contributed by atoms with Crippen LogP contribution >= 0.6 is 27.5 Å². The molecule has 0 aliphatic rings. The second-order valence-corrected chi connectivity index (χ2v) is 5.55. The number of nitrogens with two attached hydrogens (primary N) is 1. The summed E-state index contributed by atoms with van der Waals surface area (Å²) in [6.07, 6.45) is 0.393. The Labute approximate surface area is 129 Å². The van der Waals surface area contributed by atoms with Gasteiger partial charge in [-0.15, -0.1) is 0 Å². The van der Waals surface area contributed by atoms with Crippen LogP contribution in [0.3, 0.4) is 0 Å². The maximum absolute atomic E-state index is 13.2. The van der Waals surface area contributed by atoms with Crippen molar-refractivity contribution in [2.75, 3.05) is 0 Å². The molecule has 0 aromatic heterocycles. The van der Waals surface area contributed by atoms with Crippen LogP contribution in [0, 0.1) is 11.6 Å². The van der Waals surface area contributed by atoms with Gasteiger partial charge in [-0.1, -0.05) is 29.8 Å². The highest BCUT2D eigenvalue weighted by atomic mass is 79.9. The van der Waals surface area contributed by atoms with Crippen molar-refractivity contribution in [2.24, 2.45) is 5.84 Å². The minimum Gasteiger partial charge on any atom is -0.271 e. The monoisotopic (exact) mass is 360 g/mol. The molecule has 2 aromatic rings. The zero-order valence-electron chi connectivity index (χ0n) is 10.3. The number of halogens is 4. The molecule has 3 N–H and O–H groups in total. The first-order valence-corrected chi connectivity index (χ1v) is 7.04. The lowest BCUT2D eigenvalue weighted by atomic mass is 9.99. The second kappa shape index (κ2) is 6.63. The first kappa shape index (κ1) is 15.4. The van der Waals surface area contributed by atoms with E-state index in [1.807, 2.05) is 18.2 Å². The SMILES string of the molecule is NNC(Cc1ccc(F)c(F)c1)c1cccc(Br)c1Cl. The van der Waals surface area contributed by atoms with E-state index in [9.17, 15) is 8.78 Å². The topological polar surface area (TPSA) is 38.0 Å². The van der Waals surface area contributed by atoms with Crippen molar-refractivity contribution in [3.8, 4) is 0 Å². The third kappa shape index (κ3) is 3.35. The molecule has 2 nitrogen and oxygen atoms in total. The van der Waals surface area contributed by atoms with Gasteiger partial charge >= 0.3 is 0 Å². The number of hydrazine groups is 1. The zero-order chi connectivity index (χ0) is 14.7. The molecule has 0 spiro atoms. The van der Waals surface area contributed by atoms with E-state index in [0.29, 0.717) is 17.0 Å². The molecular formula is C14H12BrClF2N2. The summed E-state index contributed by atoms with van der Waals surface area (Å²) in [7, 11) is 0. The van der Waals surface area contributed by atoms with Gasteiger partial charge in [0.2, 0.25) is 0 Å². The van der Waals surface area contributed by atoms with E-state index >= 15 is 0 Å². The van der Waals surface area contributed by atoms with Gasteiger partial charge in [-0.05, 0) is 51.7 Å². The van der Waals surface area contributed by atoms with Crippen LogP contribution in [0.5, 0.6) is 0 Å². The molecule has 2 aromatic carbocycles. The van der Waals surface area contributed by atoms with Gasteiger partial charge < -0.3 is 0 Å². The van der Waals surface area contributed by atoms with Crippen molar-refractivity contribution in [3.63, 3.8) is 0 Å². The summed E-state index contributed by atoms with van der Waals surface area (Å²) < 4.78 is 26.9. The van der Waals surface area contributed by atoms with Crippen LogP contribution in [-0.4, -0.2) is 0 Å². The first-order valence-electron chi connectivity index (χ1n) is 5.87. The van der Waals surface area contributed by atoms with Crippen LogP contribution in [0.15, 0.2) is 40.9 Å². The fourth-order valence-electron chi connectivity index (χ4n) is 1.95. The number of hydrogen-bond acceptors (Lipinski definition) is 2. The summed E-state index contributed by atoms with van der Waals surface area (Å²) in [4.78, 5) is 0. The Balaban J connectivity index is 2.28. The highest BCUT2D eigenvalue weighted by Crippen LogP contribution is 2.31. The van der Waals surface area contributed by atoms with Crippen molar-refractivity contribution in [2.45, 2.75) is 12.5 Å². The Kier molecular flexibility index (Phi) is 5.10. The van der Waals surface area contributed by atoms with E-state index in [0.717, 1.165) is 22.2 Å². The summed E-state index contributed by atoms with van der Waals surface area (Å²) in [6.45, 7) is 0. The molecule has 0 saturated heterocycles. The van der Waals surface area contributed by atoms with E-state index in [1.165, 1.54) is 6.07 Å². The largest absolute Gasteiger partial charge is 0.271 e. The number of nitrogens with one attached hydrogen (secondary N) is 1. The Morgan fingerprint density at radius 3 is 2.60 bits per heavy atom. The standard InChI is InChI=1S/C14H12BrClF2N2/c15-10-3-1-2-9(14(10)16)13(20-19)7-8-4-5-11(17)12(18)6-8/h1-6,13,20H,7,19H2. The van der Waals surface area contributed by atoms with E-state index in [-0.39, 0.29) is 6.04 Å². The molecule has 106 valence electrons. The predicted octanol–water partition coefficient (Wildman–Crippen LogP) is 4.13. The summed E-state index contributed by atoms with van der Waals surface area (Å²) in [5.41, 5.74) is 4.06. The number of benzene rings is 2. The molecule has 0 aliphatic heterocycles. The van der Waals surface area contributed by atoms with Gasteiger partial charge in [-0.25, -0.2) is 8.78 Å². The van der Waals surface area contributed by atoms with E-state index in [4.69, 9.17) is 17.4 Å². The summed E-state index contributed by atoms with van der Waals surface area (Å²) >= 11 is 9.55. The molecule has 0 heterocycles. The second-order valence-electron chi connectivity index (χ2n) is 4.31. The van der Waals surface area contributed by atoms with Gasteiger partial charge in [0.1, 0.15) is 0 Å². The average molecular weight is 362 g/mol. The Bertz CT molecular complexity index is 622. The Morgan fingerprint density at radius 1 is 1.20 bits per heavy atom. The van der Waals surface area contributed by atoms with Crippen molar-refractivity contribution in [3.05, 3.63) is 68.7 Å². The summed E-state index contributed by atoms with van der Waals surface area (Å²) in [5, 5.41) is 0.540. The Morgan fingerprint density at radius 2 is 1.95 bits per heavy atom. The lowest BCUT2D eigenvalue weighted by molar-refractivity contribution is 0.502. The molecular weight excluding hydrogens is 350 g/mol. The third-order valence-corrected chi connectivity index (χ3v) is 4.29. The lowest BCUT2D eigenvalue weighted by Gasteiger charge is -2.18. The van der Waals surface area contributed by atoms with Gasteiger partial charge in [-0.3, -0.25) is 11.3 Å². The third-order valence-electron chi connectivity index (χ3n) is 2.98. The molecule has 0 saturated carbocycles. The molecule has 1 unspecified atom stereocenters. The summed E-state index contributed by atoms with van der Waals surface area (Å²) in [6, 6.07) is 8.96. The predicted molar refractivity (Wildman–Crippen MR) is 79.3 cm³/mol. The van der Waals surface area contributed by atoms with Crippen LogP contribution in [0.2, 0.25) is 5.02 Å². The van der Waals surface area contributed by atoms with Gasteiger partial charge in [0, 0.05) is 4.47 Å². The molecule has 0 radical (unpaired) electrons. The quantitative estimate of drug-likeness (QED) is 0.635. The van der Waals surface area contributed by atoms with Crippen LogP contribution < -0.4 is 11.3 Å². The fourth-order valence-corrected chi connectivity index (χ4v) is 2.59. The van der Waals surface area contributed by atoms with Crippen molar-refractivity contribution in [1.29, 1.82) is 0 Å². The smallest absolute Gasteiger partial charge is 0.159 e. The van der Waals surface area contributed by atoms with Gasteiger partial charge in [0.05, 0.1) is 11.1 Å². The molecule has 2 rings (SSSR count). The molecule has 6 heteroatoms. The Hall–Kier alpha value is -1.01. The van der Waals surface area contributed by atoms with Gasteiger partial charge in [0.25, 0.3) is 0 Å². The fraction of sp³-hybridized carbons (Fsp3) is 0.143. The molecule has 0 bridgehead atoms. The zero-order valence-corrected chi connectivity index (χ0v) is 12.7. The van der Waals surface area contributed by atoms with Crippen LogP contribution in [0.25, 0.3) is 0 Å². The molecule has 0 fully saturated rings. The normalized spacial score (nSPS) is 12.4. The minimum atomic E-state index is -0.876. The average Bonchev–Trinajstić information content (AvgIpc) is 2.43. The highest BCUT2D eigenvalue weighted by Gasteiger charge is 2.16.